The number of nitrogens with zero attached hydrogens (tertiary/aromatic N) is 1. The van der Waals surface area contributed by atoms with Gasteiger partial charge in [-0.1, -0.05) is 24.6 Å². The Labute approximate surface area is 140 Å². The molecular formula is C20H30N2O. The molecule has 0 saturated heterocycles. The monoisotopic (exact) mass is 314 g/mol. The lowest BCUT2D eigenvalue weighted by atomic mass is 9.81. The summed E-state index contributed by atoms with van der Waals surface area (Å²) in [7, 11) is 1.77. The molecule has 0 bridgehead atoms. The van der Waals surface area contributed by atoms with Crippen LogP contribution in [0.4, 0.5) is 0 Å². The molecule has 3 heteroatoms. The maximum absolute atomic E-state index is 5.17. The van der Waals surface area contributed by atoms with Crippen LogP contribution in [0.1, 0.15) is 57.1 Å². The second kappa shape index (κ2) is 7.50. The molecule has 0 amide bonds. The molecule has 1 aromatic heterocycles. The van der Waals surface area contributed by atoms with E-state index in [4.69, 9.17) is 4.74 Å². The molecule has 3 nitrogen and oxygen atoms in total. The zero-order valence-corrected chi connectivity index (χ0v) is 14.7. The molecule has 2 aromatic rings. The zero-order valence-electron chi connectivity index (χ0n) is 14.7. The molecule has 1 aliphatic rings. The van der Waals surface area contributed by atoms with E-state index in [1.54, 1.807) is 12.7 Å². The molecule has 0 radical (unpaired) electrons. The summed E-state index contributed by atoms with van der Waals surface area (Å²) in [6.45, 7) is 6.30. The molecular weight excluding hydrogens is 284 g/mol. The number of aromatic nitrogens is 1. The maximum Gasteiger partial charge on any atom is 0.0587 e. The van der Waals surface area contributed by atoms with Gasteiger partial charge in [-0.2, -0.15) is 0 Å². The molecule has 23 heavy (non-hydrogen) atoms. The average Bonchev–Trinajstić information content (AvgIpc) is 2.95. The fourth-order valence-corrected chi connectivity index (χ4v) is 4.01. The summed E-state index contributed by atoms with van der Waals surface area (Å²) in [5.74, 6) is 0.675. The predicted octanol–water partition coefficient (Wildman–Crippen LogP) is 4.48. The molecule has 0 spiro atoms. The number of rotatable bonds is 6. The van der Waals surface area contributed by atoms with Crippen molar-refractivity contribution in [2.75, 3.05) is 20.3 Å². The van der Waals surface area contributed by atoms with Crippen molar-refractivity contribution in [2.45, 2.75) is 57.5 Å². The van der Waals surface area contributed by atoms with Gasteiger partial charge in [-0.25, -0.2) is 0 Å². The number of methoxy groups -OCH3 is 1. The standard InChI is InChI=1S/C20H30N2O/c1-15(2)22-14-19(18-9-4-5-10-20(18)22)16-7-6-8-17(13-16)21-11-12-23-3/h4-5,9-10,14-17,21H,6-8,11-13H2,1-3H3. The van der Waals surface area contributed by atoms with E-state index >= 15 is 0 Å². The van der Waals surface area contributed by atoms with E-state index in [1.165, 1.54) is 36.6 Å². The highest BCUT2D eigenvalue weighted by Crippen LogP contribution is 2.38. The van der Waals surface area contributed by atoms with Crippen molar-refractivity contribution in [3.63, 3.8) is 0 Å². The highest BCUT2D eigenvalue weighted by Gasteiger charge is 2.25. The summed E-state index contributed by atoms with van der Waals surface area (Å²) >= 11 is 0. The van der Waals surface area contributed by atoms with E-state index in [1.807, 2.05) is 0 Å². The number of para-hydroxylation sites is 1. The number of ether oxygens (including phenoxy) is 1. The first-order valence-electron chi connectivity index (χ1n) is 9.02. The van der Waals surface area contributed by atoms with E-state index in [0.717, 1.165) is 13.2 Å². The normalized spacial score (nSPS) is 22.1. The van der Waals surface area contributed by atoms with Gasteiger partial charge in [0.15, 0.2) is 0 Å². The van der Waals surface area contributed by atoms with Crippen molar-refractivity contribution in [1.82, 2.24) is 9.88 Å². The molecule has 0 aliphatic heterocycles. The van der Waals surface area contributed by atoms with Crippen LogP contribution in [-0.4, -0.2) is 30.9 Å². The van der Waals surface area contributed by atoms with Gasteiger partial charge in [-0.05, 0) is 50.7 Å². The van der Waals surface area contributed by atoms with E-state index < -0.39 is 0 Å². The van der Waals surface area contributed by atoms with Crippen LogP contribution in [-0.2, 0) is 4.74 Å². The molecule has 1 aromatic carbocycles. The highest BCUT2D eigenvalue weighted by atomic mass is 16.5. The third-order valence-electron chi connectivity index (χ3n) is 5.18. The molecule has 1 aliphatic carbocycles. The third kappa shape index (κ3) is 3.61. The van der Waals surface area contributed by atoms with Crippen LogP contribution in [0.15, 0.2) is 30.5 Å². The van der Waals surface area contributed by atoms with Gasteiger partial charge in [0.25, 0.3) is 0 Å². The van der Waals surface area contributed by atoms with Crippen LogP contribution in [0.25, 0.3) is 10.9 Å². The van der Waals surface area contributed by atoms with Crippen LogP contribution < -0.4 is 5.32 Å². The quantitative estimate of drug-likeness (QED) is 0.795. The minimum absolute atomic E-state index is 0.507. The first kappa shape index (κ1) is 16.5. The van der Waals surface area contributed by atoms with Gasteiger partial charge in [0.2, 0.25) is 0 Å². The summed E-state index contributed by atoms with van der Waals surface area (Å²) < 4.78 is 7.60. The SMILES string of the molecule is COCCNC1CCCC(c2cn(C(C)C)c3ccccc23)C1. The fraction of sp³-hybridized carbons (Fsp3) is 0.600. The van der Waals surface area contributed by atoms with Gasteiger partial charge in [0, 0.05) is 42.8 Å². The minimum Gasteiger partial charge on any atom is -0.383 e. The Morgan fingerprint density at radius 3 is 2.87 bits per heavy atom. The van der Waals surface area contributed by atoms with Crippen LogP contribution >= 0.6 is 0 Å². The third-order valence-corrected chi connectivity index (χ3v) is 5.18. The summed E-state index contributed by atoms with van der Waals surface area (Å²) in [5, 5.41) is 5.12. The van der Waals surface area contributed by atoms with Crippen molar-refractivity contribution in [1.29, 1.82) is 0 Å². The highest BCUT2D eigenvalue weighted by molar-refractivity contribution is 5.84. The van der Waals surface area contributed by atoms with Gasteiger partial charge in [-0.3, -0.25) is 0 Å². The van der Waals surface area contributed by atoms with Crippen LogP contribution in [0.2, 0.25) is 0 Å². The molecule has 126 valence electrons. The van der Waals surface area contributed by atoms with E-state index in [9.17, 15) is 0 Å². The molecule has 1 fully saturated rings. The minimum atomic E-state index is 0.507. The van der Waals surface area contributed by atoms with E-state index in [0.29, 0.717) is 18.0 Å². The van der Waals surface area contributed by atoms with Crippen molar-refractivity contribution >= 4 is 10.9 Å². The predicted molar refractivity (Wildman–Crippen MR) is 97.2 cm³/mol. The maximum atomic E-state index is 5.17. The van der Waals surface area contributed by atoms with Gasteiger partial charge in [0.1, 0.15) is 0 Å². The Hall–Kier alpha value is -1.32. The van der Waals surface area contributed by atoms with Crippen LogP contribution in [0, 0.1) is 0 Å². The second-order valence-corrected chi connectivity index (χ2v) is 7.11. The summed E-state index contributed by atoms with van der Waals surface area (Å²) in [6, 6.07) is 10.0. The summed E-state index contributed by atoms with van der Waals surface area (Å²) in [4.78, 5) is 0. The molecule has 3 rings (SSSR count). The van der Waals surface area contributed by atoms with E-state index in [-0.39, 0.29) is 0 Å². The lowest BCUT2D eigenvalue weighted by Crippen LogP contribution is -2.35. The van der Waals surface area contributed by atoms with Crippen molar-refractivity contribution < 1.29 is 4.74 Å². The Morgan fingerprint density at radius 2 is 2.09 bits per heavy atom. The van der Waals surface area contributed by atoms with Gasteiger partial charge < -0.3 is 14.6 Å². The number of benzene rings is 1. The number of hydrogen-bond acceptors (Lipinski definition) is 2. The summed E-state index contributed by atoms with van der Waals surface area (Å²) in [5.41, 5.74) is 2.93. The topological polar surface area (TPSA) is 26.2 Å². The Morgan fingerprint density at radius 1 is 1.26 bits per heavy atom. The fourth-order valence-electron chi connectivity index (χ4n) is 4.01. The van der Waals surface area contributed by atoms with E-state index in [2.05, 4.69) is 54.2 Å². The number of nitrogens with one attached hydrogen (secondary N) is 1. The second-order valence-electron chi connectivity index (χ2n) is 7.11. The molecule has 1 N–H and O–H groups in total. The van der Waals surface area contributed by atoms with Gasteiger partial charge >= 0.3 is 0 Å². The van der Waals surface area contributed by atoms with Crippen LogP contribution in [0.5, 0.6) is 0 Å². The number of hydrogen-bond donors (Lipinski definition) is 1. The number of fused-ring (bicyclic) bond motifs is 1. The Kier molecular flexibility index (Phi) is 5.39. The van der Waals surface area contributed by atoms with Gasteiger partial charge in [0.05, 0.1) is 6.61 Å². The van der Waals surface area contributed by atoms with Crippen molar-refractivity contribution in [3.8, 4) is 0 Å². The lowest BCUT2D eigenvalue weighted by molar-refractivity contribution is 0.190. The first-order valence-corrected chi connectivity index (χ1v) is 9.02. The zero-order chi connectivity index (χ0) is 16.2. The van der Waals surface area contributed by atoms with Gasteiger partial charge in [-0.15, -0.1) is 0 Å². The first-order chi connectivity index (χ1) is 11.2. The average molecular weight is 314 g/mol. The van der Waals surface area contributed by atoms with Crippen LogP contribution in [0.3, 0.4) is 0 Å². The Balaban J connectivity index is 1.82. The smallest absolute Gasteiger partial charge is 0.0587 e. The molecule has 2 unspecified atom stereocenters. The molecule has 1 saturated carbocycles. The summed E-state index contributed by atoms with van der Waals surface area (Å²) in [6.07, 6.45) is 7.58. The Bertz CT molecular complexity index is 632. The largest absolute Gasteiger partial charge is 0.383 e. The molecule has 1 heterocycles. The molecule has 2 atom stereocenters. The van der Waals surface area contributed by atoms with Crippen molar-refractivity contribution in [3.05, 3.63) is 36.0 Å². The lowest BCUT2D eigenvalue weighted by Gasteiger charge is -2.30. The van der Waals surface area contributed by atoms with Crippen molar-refractivity contribution in [2.24, 2.45) is 0 Å².